The van der Waals surface area contributed by atoms with E-state index < -0.39 is 17.2 Å². The molecular formula is C16H29NO4. The highest BCUT2D eigenvalue weighted by Crippen LogP contribution is 2.33. The van der Waals surface area contributed by atoms with Gasteiger partial charge in [0.1, 0.15) is 0 Å². The minimum atomic E-state index is -0.815. The Morgan fingerprint density at radius 3 is 1.86 bits per heavy atom. The summed E-state index contributed by atoms with van der Waals surface area (Å²) in [6.07, 6.45) is 5.87. The fourth-order valence-corrected chi connectivity index (χ4v) is 3.58. The lowest BCUT2D eigenvalue weighted by Gasteiger charge is -2.38. The topological polar surface area (TPSA) is 89.8 Å². The van der Waals surface area contributed by atoms with Gasteiger partial charge in [0, 0.05) is 13.1 Å². The van der Waals surface area contributed by atoms with Crippen molar-refractivity contribution in [3.8, 4) is 0 Å². The first-order valence-corrected chi connectivity index (χ1v) is 8.20. The molecule has 0 radical (unpaired) electrons. The molecular weight excluding hydrogens is 270 g/mol. The number of aliphatic carboxylic acids is 1. The fourth-order valence-electron chi connectivity index (χ4n) is 3.58. The number of hydrogen-bond acceptors (Lipinski definition) is 4. The molecule has 0 unspecified atom stereocenters. The summed E-state index contributed by atoms with van der Waals surface area (Å²) >= 11 is 0. The van der Waals surface area contributed by atoms with Crippen LogP contribution in [0.5, 0.6) is 0 Å². The van der Waals surface area contributed by atoms with Gasteiger partial charge in [-0.15, -0.1) is 0 Å². The Morgan fingerprint density at radius 2 is 1.43 bits per heavy atom. The maximum Gasteiger partial charge on any atom is 0.306 e. The van der Waals surface area contributed by atoms with Gasteiger partial charge in [-0.2, -0.15) is 0 Å². The lowest BCUT2D eigenvalue weighted by Crippen LogP contribution is -2.50. The lowest BCUT2D eigenvalue weighted by atomic mass is 9.78. The maximum atomic E-state index is 10.9. The van der Waals surface area contributed by atoms with Crippen LogP contribution in [0.2, 0.25) is 0 Å². The van der Waals surface area contributed by atoms with E-state index in [0.717, 1.165) is 25.7 Å². The van der Waals surface area contributed by atoms with E-state index in [0.29, 0.717) is 44.7 Å². The first-order valence-electron chi connectivity index (χ1n) is 8.20. The number of carboxylic acids is 1. The van der Waals surface area contributed by atoms with Gasteiger partial charge in [-0.3, -0.25) is 4.79 Å². The molecule has 0 aromatic rings. The molecule has 4 N–H and O–H groups in total. The number of carbonyl (C=O) groups is 1. The minimum Gasteiger partial charge on any atom is -0.481 e. The highest BCUT2D eigenvalue weighted by molar-refractivity contribution is 5.70. The molecule has 0 heterocycles. The Kier molecular flexibility index (Phi) is 5.28. The van der Waals surface area contributed by atoms with Gasteiger partial charge < -0.3 is 20.6 Å². The Labute approximate surface area is 126 Å². The number of nitrogens with one attached hydrogen (secondary N) is 1. The van der Waals surface area contributed by atoms with Crippen molar-refractivity contribution in [3.63, 3.8) is 0 Å². The zero-order valence-corrected chi connectivity index (χ0v) is 13.0. The second-order valence-electron chi connectivity index (χ2n) is 7.35. The van der Waals surface area contributed by atoms with Gasteiger partial charge in [-0.25, -0.2) is 0 Å². The molecule has 0 saturated heterocycles. The van der Waals surface area contributed by atoms with Crippen LogP contribution in [0, 0.1) is 11.8 Å². The van der Waals surface area contributed by atoms with Crippen molar-refractivity contribution in [2.75, 3.05) is 13.1 Å². The Bertz CT molecular complexity index is 355. The van der Waals surface area contributed by atoms with Gasteiger partial charge in [-0.1, -0.05) is 6.92 Å². The summed E-state index contributed by atoms with van der Waals surface area (Å²) in [5.41, 5.74) is -1.45. The van der Waals surface area contributed by atoms with Gasteiger partial charge in [0.2, 0.25) is 0 Å². The SMILES string of the molecule is CC1CCC(O)(CNCC2(O)CCC(C(=O)O)CC2)CC1. The standard InChI is InChI=1S/C16H29NO4/c1-12-2-6-15(20,7-3-12)10-17-11-16(21)8-4-13(5-9-16)14(18)19/h12-13,17,20-21H,2-11H2,1H3,(H,18,19). The molecule has 2 saturated carbocycles. The first-order chi connectivity index (χ1) is 9.82. The molecule has 0 atom stereocenters. The van der Waals surface area contributed by atoms with Crippen molar-refractivity contribution in [3.05, 3.63) is 0 Å². The van der Waals surface area contributed by atoms with Crippen LogP contribution in [0.3, 0.4) is 0 Å². The van der Waals surface area contributed by atoms with Crippen LogP contribution < -0.4 is 5.32 Å². The predicted molar refractivity (Wildman–Crippen MR) is 80.0 cm³/mol. The summed E-state index contributed by atoms with van der Waals surface area (Å²) in [6, 6.07) is 0. The minimum absolute atomic E-state index is 0.311. The highest BCUT2D eigenvalue weighted by atomic mass is 16.4. The highest BCUT2D eigenvalue weighted by Gasteiger charge is 2.37. The summed E-state index contributed by atoms with van der Waals surface area (Å²) in [5.74, 6) is -0.370. The van der Waals surface area contributed by atoms with Crippen molar-refractivity contribution in [2.45, 2.75) is 69.5 Å². The normalized spacial score (nSPS) is 40.9. The van der Waals surface area contributed by atoms with Crippen LogP contribution in [0.4, 0.5) is 0 Å². The molecule has 0 aliphatic heterocycles. The van der Waals surface area contributed by atoms with Gasteiger partial charge in [0.15, 0.2) is 0 Å². The lowest BCUT2D eigenvalue weighted by molar-refractivity contribution is -0.144. The Morgan fingerprint density at radius 1 is 1.00 bits per heavy atom. The molecule has 5 heteroatoms. The van der Waals surface area contributed by atoms with Crippen LogP contribution in [0.1, 0.15) is 58.3 Å². The van der Waals surface area contributed by atoms with E-state index in [4.69, 9.17) is 5.11 Å². The quantitative estimate of drug-likeness (QED) is 0.618. The average molecular weight is 299 g/mol. The monoisotopic (exact) mass is 299 g/mol. The van der Waals surface area contributed by atoms with Crippen LogP contribution in [0.25, 0.3) is 0 Å². The molecule has 2 aliphatic carbocycles. The summed E-state index contributed by atoms with van der Waals surface area (Å²) in [4.78, 5) is 10.9. The molecule has 0 amide bonds. The van der Waals surface area contributed by atoms with E-state index in [2.05, 4.69) is 12.2 Å². The molecule has 2 fully saturated rings. The Hall–Kier alpha value is -0.650. The molecule has 0 aromatic heterocycles. The van der Waals surface area contributed by atoms with E-state index in [1.807, 2.05) is 0 Å². The molecule has 0 bridgehead atoms. The van der Waals surface area contributed by atoms with Crippen molar-refractivity contribution >= 4 is 5.97 Å². The zero-order valence-electron chi connectivity index (χ0n) is 13.0. The number of carboxylic acid groups (broad SMARTS) is 1. The van der Waals surface area contributed by atoms with E-state index in [-0.39, 0.29) is 5.92 Å². The summed E-state index contributed by atoms with van der Waals surface area (Å²) in [5, 5.41) is 33.2. The molecule has 122 valence electrons. The van der Waals surface area contributed by atoms with E-state index in [1.165, 1.54) is 0 Å². The maximum absolute atomic E-state index is 10.9. The average Bonchev–Trinajstić information content (AvgIpc) is 2.43. The third-order valence-electron chi connectivity index (χ3n) is 5.38. The summed E-state index contributed by atoms with van der Waals surface area (Å²) in [6.45, 7) is 3.18. The number of rotatable bonds is 5. The molecule has 2 rings (SSSR count). The second-order valence-corrected chi connectivity index (χ2v) is 7.35. The number of aliphatic hydroxyl groups is 2. The van der Waals surface area contributed by atoms with Crippen LogP contribution in [0.15, 0.2) is 0 Å². The van der Waals surface area contributed by atoms with Crippen molar-refractivity contribution in [1.82, 2.24) is 5.32 Å². The van der Waals surface area contributed by atoms with Crippen molar-refractivity contribution in [2.24, 2.45) is 11.8 Å². The van der Waals surface area contributed by atoms with Crippen molar-refractivity contribution < 1.29 is 20.1 Å². The first kappa shape index (κ1) is 16.7. The van der Waals surface area contributed by atoms with E-state index in [9.17, 15) is 15.0 Å². The third-order valence-corrected chi connectivity index (χ3v) is 5.38. The third kappa shape index (κ3) is 4.66. The van der Waals surface area contributed by atoms with Crippen LogP contribution in [-0.2, 0) is 4.79 Å². The Balaban J connectivity index is 1.72. The number of hydrogen-bond donors (Lipinski definition) is 4. The smallest absolute Gasteiger partial charge is 0.306 e. The molecule has 5 nitrogen and oxygen atoms in total. The zero-order chi connectivity index (χ0) is 15.5. The van der Waals surface area contributed by atoms with Crippen LogP contribution >= 0.6 is 0 Å². The van der Waals surface area contributed by atoms with E-state index in [1.54, 1.807) is 0 Å². The van der Waals surface area contributed by atoms with Gasteiger partial charge in [0.25, 0.3) is 0 Å². The molecule has 0 aromatic carbocycles. The van der Waals surface area contributed by atoms with Crippen molar-refractivity contribution in [1.29, 1.82) is 0 Å². The van der Waals surface area contributed by atoms with Gasteiger partial charge >= 0.3 is 5.97 Å². The molecule has 2 aliphatic rings. The van der Waals surface area contributed by atoms with Gasteiger partial charge in [0.05, 0.1) is 17.1 Å². The van der Waals surface area contributed by atoms with Crippen LogP contribution in [-0.4, -0.2) is 45.6 Å². The second kappa shape index (κ2) is 6.63. The summed E-state index contributed by atoms with van der Waals surface area (Å²) in [7, 11) is 0. The fraction of sp³-hybridized carbons (Fsp3) is 0.938. The summed E-state index contributed by atoms with van der Waals surface area (Å²) < 4.78 is 0. The predicted octanol–water partition coefficient (Wildman–Crippen LogP) is 1.52. The molecule has 21 heavy (non-hydrogen) atoms. The molecule has 0 spiro atoms. The van der Waals surface area contributed by atoms with E-state index >= 15 is 0 Å². The van der Waals surface area contributed by atoms with Gasteiger partial charge in [-0.05, 0) is 57.3 Å². The largest absolute Gasteiger partial charge is 0.481 e.